The van der Waals surface area contributed by atoms with E-state index in [1.165, 1.54) is 18.4 Å². The second-order valence-corrected chi connectivity index (χ2v) is 8.07. The molecular formula is C25H32ClNO3. The Hall–Kier alpha value is -2.14. The van der Waals surface area contributed by atoms with Gasteiger partial charge < -0.3 is 15.1 Å². The minimum absolute atomic E-state index is 0. The van der Waals surface area contributed by atoms with Gasteiger partial charge in [0.05, 0.1) is 5.57 Å². The number of nitrogens with zero attached hydrogens (tertiary/aromatic N) is 1. The Labute approximate surface area is 185 Å². The summed E-state index contributed by atoms with van der Waals surface area (Å²) in [7, 11) is 2.20. The predicted molar refractivity (Wildman–Crippen MR) is 125 cm³/mol. The third-order valence-corrected chi connectivity index (χ3v) is 6.33. The molecule has 0 radical (unpaired) electrons. The maximum Gasteiger partial charge on any atom is 0.339 e. The van der Waals surface area contributed by atoms with Gasteiger partial charge in [-0.2, -0.15) is 0 Å². The summed E-state index contributed by atoms with van der Waals surface area (Å²) < 4.78 is 6.03. The summed E-state index contributed by atoms with van der Waals surface area (Å²) in [6.07, 6.45) is 7.31. The van der Waals surface area contributed by atoms with Gasteiger partial charge in [-0.15, -0.1) is 12.4 Å². The van der Waals surface area contributed by atoms with Crippen molar-refractivity contribution in [2.24, 2.45) is 0 Å². The molecule has 2 aliphatic rings. The number of carbonyl (C=O) groups excluding carboxylic acids is 1. The van der Waals surface area contributed by atoms with Crippen molar-refractivity contribution in [2.45, 2.75) is 57.2 Å². The number of piperidine rings is 1. The Morgan fingerprint density at radius 2 is 1.63 bits per heavy atom. The van der Waals surface area contributed by atoms with E-state index >= 15 is 0 Å². The molecule has 0 spiro atoms. The topological polar surface area (TPSA) is 61.0 Å². The lowest BCUT2D eigenvalue weighted by Gasteiger charge is -2.35. The van der Waals surface area contributed by atoms with Gasteiger partial charge in [0.25, 0.3) is 0 Å². The first-order valence-corrected chi connectivity index (χ1v) is 10.4. The number of halogens is 1. The van der Waals surface area contributed by atoms with Crippen LogP contribution in [0.2, 0.25) is 0 Å². The summed E-state index contributed by atoms with van der Waals surface area (Å²) in [4.78, 5) is 15.6. The molecule has 2 aromatic rings. The lowest BCUT2D eigenvalue weighted by Crippen LogP contribution is -2.43. The van der Waals surface area contributed by atoms with Crippen molar-refractivity contribution >= 4 is 30.0 Å². The summed E-state index contributed by atoms with van der Waals surface area (Å²) in [5.41, 5.74) is 3.84. The van der Waals surface area contributed by atoms with Crippen molar-refractivity contribution < 1.29 is 15.0 Å². The zero-order chi connectivity index (χ0) is 19.5. The van der Waals surface area contributed by atoms with E-state index in [0.29, 0.717) is 17.7 Å². The maximum absolute atomic E-state index is 13.2. The SMILES string of the molecule is CCc1ccc(/C(=C\c2ccccc2)C(=O)OC2C[C@H]3CC[C@@H](C2)N3C)cc1.Cl.O. The third kappa shape index (κ3) is 5.31. The Balaban J connectivity index is 0.00000160. The lowest BCUT2D eigenvalue weighted by atomic mass is 9.99. The second kappa shape index (κ2) is 10.8. The fourth-order valence-electron chi connectivity index (χ4n) is 4.57. The van der Waals surface area contributed by atoms with E-state index in [-0.39, 0.29) is 30.0 Å². The Bertz CT molecular complexity index is 836. The number of aryl methyl sites for hydroxylation is 1. The number of benzene rings is 2. The first kappa shape index (κ1) is 24.1. The van der Waals surface area contributed by atoms with Gasteiger partial charge in [0.1, 0.15) is 6.10 Å². The van der Waals surface area contributed by atoms with Crippen molar-refractivity contribution in [2.75, 3.05) is 7.05 Å². The van der Waals surface area contributed by atoms with E-state index in [0.717, 1.165) is 30.4 Å². The van der Waals surface area contributed by atoms with Crippen LogP contribution in [0.5, 0.6) is 0 Å². The maximum atomic E-state index is 13.2. The number of esters is 1. The van der Waals surface area contributed by atoms with Gasteiger partial charge in [-0.05, 0) is 49.1 Å². The highest BCUT2D eigenvalue weighted by Gasteiger charge is 2.40. The molecule has 2 fully saturated rings. The van der Waals surface area contributed by atoms with Crippen LogP contribution in [-0.2, 0) is 16.0 Å². The first-order valence-electron chi connectivity index (χ1n) is 10.4. The molecule has 0 aromatic heterocycles. The van der Waals surface area contributed by atoms with Gasteiger partial charge in [-0.25, -0.2) is 4.79 Å². The summed E-state index contributed by atoms with van der Waals surface area (Å²) in [6, 6.07) is 19.4. The predicted octanol–water partition coefficient (Wildman–Crippen LogP) is 4.56. The molecule has 0 aliphatic carbocycles. The normalized spacial score (nSPS) is 23.3. The largest absolute Gasteiger partial charge is 0.459 e. The summed E-state index contributed by atoms with van der Waals surface area (Å²) in [5.74, 6) is -0.206. The number of hydrogen-bond acceptors (Lipinski definition) is 3. The highest BCUT2D eigenvalue weighted by Crippen LogP contribution is 2.36. The van der Waals surface area contributed by atoms with Crippen molar-refractivity contribution in [3.8, 4) is 0 Å². The molecule has 30 heavy (non-hydrogen) atoms. The molecule has 2 aromatic carbocycles. The van der Waals surface area contributed by atoms with E-state index in [1.807, 2.05) is 48.5 Å². The van der Waals surface area contributed by atoms with Crippen molar-refractivity contribution in [3.63, 3.8) is 0 Å². The standard InChI is InChI=1S/C25H29NO2.ClH.H2O/c1-3-18-9-11-20(12-10-18)24(15-19-7-5-4-6-8-19)25(27)28-23-16-21-13-14-22(17-23)26(21)2;;/h4-12,15,21-23H,3,13-14,16-17H2,1-2H3;1H;1H2/b24-15+;;/t21-,22+,23?;;. The zero-order valence-electron chi connectivity index (χ0n) is 17.7. The molecule has 162 valence electrons. The van der Waals surface area contributed by atoms with E-state index in [2.05, 4.69) is 31.0 Å². The first-order chi connectivity index (χ1) is 13.6. The number of carbonyl (C=O) groups is 1. The molecule has 0 saturated carbocycles. The van der Waals surface area contributed by atoms with Crippen LogP contribution in [0.25, 0.3) is 11.6 Å². The van der Waals surface area contributed by atoms with Gasteiger partial charge in [0.2, 0.25) is 0 Å². The van der Waals surface area contributed by atoms with E-state index in [9.17, 15) is 4.79 Å². The van der Waals surface area contributed by atoms with E-state index in [4.69, 9.17) is 4.74 Å². The molecule has 5 heteroatoms. The number of hydrogen-bond donors (Lipinski definition) is 0. The number of fused-ring (bicyclic) bond motifs is 2. The van der Waals surface area contributed by atoms with Gasteiger partial charge in [-0.3, -0.25) is 0 Å². The lowest BCUT2D eigenvalue weighted by molar-refractivity contribution is -0.144. The summed E-state index contributed by atoms with van der Waals surface area (Å²) in [5, 5.41) is 0. The van der Waals surface area contributed by atoms with Crippen LogP contribution in [0.4, 0.5) is 0 Å². The van der Waals surface area contributed by atoms with Gasteiger partial charge in [0, 0.05) is 24.9 Å². The van der Waals surface area contributed by atoms with Crippen LogP contribution >= 0.6 is 12.4 Å². The fraction of sp³-hybridized carbons (Fsp3) is 0.400. The van der Waals surface area contributed by atoms with E-state index in [1.54, 1.807) is 0 Å². The van der Waals surface area contributed by atoms with Crippen LogP contribution in [0, 0.1) is 0 Å². The molecular weight excluding hydrogens is 398 g/mol. The Morgan fingerprint density at radius 3 is 2.20 bits per heavy atom. The smallest absolute Gasteiger partial charge is 0.339 e. The Kier molecular flexibility index (Phi) is 8.65. The monoisotopic (exact) mass is 429 g/mol. The van der Waals surface area contributed by atoms with Crippen LogP contribution in [0.15, 0.2) is 54.6 Å². The summed E-state index contributed by atoms with van der Waals surface area (Å²) in [6.45, 7) is 2.14. The van der Waals surface area contributed by atoms with Crippen molar-refractivity contribution in [3.05, 3.63) is 71.3 Å². The number of ether oxygens (including phenoxy) is 1. The minimum atomic E-state index is -0.206. The molecule has 3 atom stereocenters. The second-order valence-electron chi connectivity index (χ2n) is 8.07. The van der Waals surface area contributed by atoms with Crippen LogP contribution in [-0.4, -0.2) is 41.6 Å². The molecule has 2 saturated heterocycles. The third-order valence-electron chi connectivity index (χ3n) is 6.33. The Morgan fingerprint density at radius 1 is 1.03 bits per heavy atom. The molecule has 2 bridgehead atoms. The van der Waals surface area contributed by atoms with Gasteiger partial charge in [0.15, 0.2) is 0 Å². The van der Waals surface area contributed by atoms with Crippen LogP contribution in [0.3, 0.4) is 0 Å². The summed E-state index contributed by atoms with van der Waals surface area (Å²) >= 11 is 0. The van der Waals surface area contributed by atoms with Crippen molar-refractivity contribution in [1.29, 1.82) is 0 Å². The number of rotatable bonds is 5. The molecule has 2 heterocycles. The fourth-order valence-corrected chi connectivity index (χ4v) is 4.57. The minimum Gasteiger partial charge on any atom is -0.459 e. The molecule has 2 N–H and O–H groups in total. The highest BCUT2D eigenvalue weighted by molar-refractivity contribution is 6.21. The molecule has 4 rings (SSSR count). The zero-order valence-corrected chi connectivity index (χ0v) is 18.5. The molecule has 1 unspecified atom stereocenters. The van der Waals surface area contributed by atoms with Crippen molar-refractivity contribution in [1.82, 2.24) is 4.90 Å². The molecule has 0 amide bonds. The van der Waals surface area contributed by atoms with Gasteiger partial charge in [-0.1, -0.05) is 61.5 Å². The highest BCUT2D eigenvalue weighted by atomic mass is 35.5. The van der Waals surface area contributed by atoms with Crippen LogP contribution < -0.4 is 0 Å². The van der Waals surface area contributed by atoms with Crippen LogP contribution in [0.1, 0.15) is 49.3 Å². The van der Waals surface area contributed by atoms with E-state index < -0.39 is 0 Å². The average molecular weight is 430 g/mol. The average Bonchev–Trinajstić information content (AvgIpc) is 2.93. The quantitative estimate of drug-likeness (QED) is 0.397. The van der Waals surface area contributed by atoms with Gasteiger partial charge >= 0.3 is 5.97 Å². The molecule has 4 nitrogen and oxygen atoms in total. The molecule has 2 aliphatic heterocycles.